The van der Waals surface area contributed by atoms with Crippen molar-refractivity contribution in [2.24, 2.45) is 5.92 Å². The number of rotatable bonds is 4. The van der Waals surface area contributed by atoms with Crippen LogP contribution in [0.3, 0.4) is 0 Å². The molecule has 0 spiro atoms. The van der Waals surface area contributed by atoms with Crippen molar-refractivity contribution >= 4 is 11.8 Å². The van der Waals surface area contributed by atoms with Crippen LogP contribution in [-0.2, 0) is 4.74 Å². The lowest BCUT2D eigenvalue weighted by molar-refractivity contribution is 0.0277. The molecular weight excluding hydrogens is 312 g/mol. The first-order valence-electron chi connectivity index (χ1n) is 9.61. The smallest absolute Gasteiger partial charge is 0.410 e. The Bertz CT molecular complexity index is 604. The molecule has 0 aromatic heterocycles. The van der Waals surface area contributed by atoms with Gasteiger partial charge in [-0.15, -0.1) is 0 Å². The monoisotopic (exact) mass is 344 g/mol. The molecule has 3 rings (SSSR count). The van der Waals surface area contributed by atoms with Gasteiger partial charge in [0.15, 0.2) is 0 Å². The second kappa shape index (κ2) is 7.27. The topological polar surface area (TPSA) is 32.8 Å². The zero-order chi connectivity index (χ0) is 18.0. The van der Waals surface area contributed by atoms with Gasteiger partial charge in [0.2, 0.25) is 0 Å². The summed E-state index contributed by atoms with van der Waals surface area (Å²) in [5.41, 5.74) is 2.50. The highest BCUT2D eigenvalue weighted by atomic mass is 16.6. The van der Waals surface area contributed by atoms with Gasteiger partial charge in [0.1, 0.15) is 5.60 Å². The van der Waals surface area contributed by atoms with Crippen LogP contribution >= 0.6 is 0 Å². The van der Waals surface area contributed by atoms with Gasteiger partial charge in [-0.05, 0) is 63.5 Å². The van der Waals surface area contributed by atoms with E-state index >= 15 is 0 Å². The van der Waals surface area contributed by atoms with E-state index in [1.807, 2.05) is 27.8 Å². The summed E-state index contributed by atoms with van der Waals surface area (Å²) in [4.78, 5) is 16.4. The molecule has 1 aromatic rings. The fraction of sp³-hybridized carbons (Fsp3) is 0.667. The van der Waals surface area contributed by atoms with Crippen LogP contribution in [0.1, 0.15) is 57.9 Å². The quantitative estimate of drug-likeness (QED) is 0.797. The predicted octanol–water partition coefficient (Wildman–Crippen LogP) is 4.65. The predicted molar refractivity (Wildman–Crippen MR) is 102 cm³/mol. The van der Waals surface area contributed by atoms with Gasteiger partial charge in [-0.2, -0.15) is 0 Å². The molecule has 1 aliphatic heterocycles. The number of nitrogens with zero attached hydrogens (tertiary/aromatic N) is 2. The van der Waals surface area contributed by atoms with Crippen LogP contribution in [-0.4, -0.2) is 43.3 Å². The van der Waals surface area contributed by atoms with E-state index < -0.39 is 5.60 Å². The van der Waals surface area contributed by atoms with Crippen LogP contribution in [0.2, 0.25) is 0 Å². The van der Waals surface area contributed by atoms with Gasteiger partial charge < -0.3 is 14.5 Å². The number of hydrogen-bond donors (Lipinski definition) is 0. The van der Waals surface area contributed by atoms with Gasteiger partial charge in [0.05, 0.1) is 0 Å². The molecule has 1 amide bonds. The van der Waals surface area contributed by atoms with Crippen LogP contribution in [0.15, 0.2) is 24.3 Å². The first-order valence-corrected chi connectivity index (χ1v) is 9.61. The molecule has 138 valence electrons. The van der Waals surface area contributed by atoms with E-state index in [4.69, 9.17) is 4.74 Å². The summed E-state index contributed by atoms with van der Waals surface area (Å²) in [7, 11) is 1.85. The zero-order valence-electron chi connectivity index (χ0n) is 16.1. The van der Waals surface area contributed by atoms with E-state index in [9.17, 15) is 4.79 Å². The lowest BCUT2D eigenvalue weighted by Gasteiger charge is -2.31. The Morgan fingerprint density at radius 2 is 1.96 bits per heavy atom. The molecule has 4 nitrogen and oxygen atoms in total. The number of ether oxygens (including phenoxy) is 1. The van der Waals surface area contributed by atoms with E-state index in [-0.39, 0.29) is 6.09 Å². The number of amides is 1. The third kappa shape index (κ3) is 4.47. The summed E-state index contributed by atoms with van der Waals surface area (Å²) >= 11 is 0. The van der Waals surface area contributed by atoms with Crippen molar-refractivity contribution in [2.75, 3.05) is 31.6 Å². The Balaban J connectivity index is 1.58. The first-order chi connectivity index (χ1) is 11.8. The summed E-state index contributed by atoms with van der Waals surface area (Å²) in [6, 6.07) is 8.89. The van der Waals surface area contributed by atoms with Gasteiger partial charge in [-0.25, -0.2) is 4.79 Å². The van der Waals surface area contributed by atoms with E-state index in [2.05, 4.69) is 29.2 Å². The van der Waals surface area contributed by atoms with E-state index in [0.29, 0.717) is 5.92 Å². The summed E-state index contributed by atoms with van der Waals surface area (Å²) in [5.74, 6) is 1.26. The van der Waals surface area contributed by atoms with Crippen molar-refractivity contribution in [3.8, 4) is 0 Å². The van der Waals surface area contributed by atoms with Gasteiger partial charge in [-0.1, -0.05) is 24.6 Å². The summed E-state index contributed by atoms with van der Waals surface area (Å²) in [6.07, 6.45) is 4.93. The van der Waals surface area contributed by atoms with Crippen LogP contribution in [0, 0.1) is 5.92 Å². The zero-order valence-corrected chi connectivity index (χ0v) is 16.1. The SMILES string of the molecule is CN(C[C@H]1CCN(c2ccccc2C2CCC2)C1)C(=O)OC(C)(C)C. The summed E-state index contributed by atoms with van der Waals surface area (Å²) in [6.45, 7) is 8.60. The third-order valence-electron chi connectivity index (χ3n) is 5.35. The molecule has 1 atom stereocenters. The van der Waals surface area contributed by atoms with E-state index in [0.717, 1.165) is 32.0 Å². The van der Waals surface area contributed by atoms with Crippen molar-refractivity contribution in [3.63, 3.8) is 0 Å². The number of hydrogen-bond acceptors (Lipinski definition) is 3. The molecule has 1 aliphatic carbocycles. The second-order valence-electron chi connectivity index (χ2n) is 8.65. The highest BCUT2D eigenvalue weighted by Gasteiger charge is 2.30. The number of para-hydroxylation sites is 1. The van der Waals surface area contributed by atoms with E-state index in [1.54, 1.807) is 4.90 Å². The molecule has 1 saturated heterocycles. The van der Waals surface area contributed by atoms with Crippen LogP contribution in [0.5, 0.6) is 0 Å². The van der Waals surface area contributed by atoms with Crippen LogP contribution in [0.4, 0.5) is 10.5 Å². The number of benzene rings is 1. The minimum atomic E-state index is -0.436. The molecule has 25 heavy (non-hydrogen) atoms. The normalized spacial score (nSPS) is 21.1. The average Bonchev–Trinajstić information content (AvgIpc) is 2.92. The van der Waals surface area contributed by atoms with Crippen molar-refractivity contribution in [1.82, 2.24) is 4.90 Å². The molecule has 1 heterocycles. The molecular formula is C21H32N2O2. The van der Waals surface area contributed by atoms with E-state index in [1.165, 1.54) is 30.5 Å². The first kappa shape index (κ1) is 18.1. The molecule has 4 heteroatoms. The van der Waals surface area contributed by atoms with Gasteiger partial charge >= 0.3 is 6.09 Å². The van der Waals surface area contributed by atoms with Gasteiger partial charge in [-0.3, -0.25) is 0 Å². The Morgan fingerprint density at radius 3 is 2.60 bits per heavy atom. The van der Waals surface area contributed by atoms with Gasteiger partial charge in [0.25, 0.3) is 0 Å². The largest absolute Gasteiger partial charge is 0.444 e. The average molecular weight is 344 g/mol. The minimum Gasteiger partial charge on any atom is -0.444 e. The lowest BCUT2D eigenvalue weighted by atomic mass is 9.79. The molecule has 1 saturated carbocycles. The lowest BCUT2D eigenvalue weighted by Crippen LogP contribution is -2.37. The molecule has 2 fully saturated rings. The van der Waals surface area contributed by atoms with Crippen LogP contribution in [0.25, 0.3) is 0 Å². The fourth-order valence-electron chi connectivity index (χ4n) is 3.84. The number of anilines is 1. The Morgan fingerprint density at radius 1 is 1.24 bits per heavy atom. The van der Waals surface area contributed by atoms with Crippen molar-refractivity contribution in [3.05, 3.63) is 29.8 Å². The standard InChI is InChI=1S/C21H32N2O2/c1-21(2,3)25-20(24)22(4)14-16-12-13-23(15-16)19-11-6-5-10-18(19)17-8-7-9-17/h5-6,10-11,16-17H,7-9,12-15H2,1-4H3/t16-/m1/s1. The minimum absolute atomic E-state index is 0.221. The molecule has 0 radical (unpaired) electrons. The Kier molecular flexibility index (Phi) is 5.26. The highest BCUT2D eigenvalue weighted by Crippen LogP contribution is 2.41. The van der Waals surface area contributed by atoms with Crippen molar-refractivity contribution in [2.45, 2.75) is 58.0 Å². The third-order valence-corrected chi connectivity index (χ3v) is 5.35. The Labute approximate surface area is 152 Å². The molecule has 1 aromatic carbocycles. The molecule has 2 aliphatic rings. The maximum absolute atomic E-state index is 12.2. The maximum Gasteiger partial charge on any atom is 0.410 e. The molecule has 0 unspecified atom stereocenters. The summed E-state index contributed by atoms with van der Waals surface area (Å²) in [5, 5.41) is 0. The number of carbonyl (C=O) groups excluding carboxylic acids is 1. The number of carbonyl (C=O) groups is 1. The molecule has 0 N–H and O–H groups in total. The van der Waals surface area contributed by atoms with Crippen molar-refractivity contribution < 1.29 is 9.53 Å². The molecule has 0 bridgehead atoms. The Hall–Kier alpha value is -1.71. The highest BCUT2D eigenvalue weighted by molar-refractivity contribution is 5.67. The van der Waals surface area contributed by atoms with Gasteiger partial charge in [0, 0.05) is 32.4 Å². The fourth-order valence-corrected chi connectivity index (χ4v) is 3.84. The second-order valence-corrected chi connectivity index (χ2v) is 8.65. The van der Waals surface area contributed by atoms with Crippen molar-refractivity contribution in [1.29, 1.82) is 0 Å². The maximum atomic E-state index is 12.2. The van der Waals surface area contributed by atoms with Crippen LogP contribution < -0.4 is 4.90 Å². The summed E-state index contributed by atoms with van der Waals surface area (Å²) < 4.78 is 5.47.